The molecule has 1 aliphatic heterocycles. The lowest BCUT2D eigenvalue weighted by molar-refractivity contribution is -0.384. The van der Waals surface area contributed by atoms with Crippen molar-refractivity contribution in [1.29, 1.82) is 0 Å². The maximum absolute atomic E-state index is 12.7. The van der Waals surface area contributed by atoms with Crippen LogP contribution in [0.1, 0.15) is 11.3 Å². The normalized spacial score (nSPS) is 15.2. The van der Waals surface area contributed by atoms with Gasteiger partial charge in [0.1, 0.15) is 11.5 Å². The molecule has 0 saturated carbocycles. The lowest BCUT2D eigenvalue weighted by atomic mass is 10.1. The number of imide groups is 1. The number of hydrogen-bond acceptors (Lipinski definition) is 6. The Kier molecular flexibility index (Phi) is 5.43. The third kappa shape index (κ3) is 4.00. The van der Waals surface area contributed by atoms with E-state index in [2.05, 4.69) is 0 Å². The van der Waals surface area contributed by atoms with E-state index in [9.17, 15) is 19.7 Å². The summed E-state index contributed by atoms with van der Waals surface area (Å²) in [5.41, 5.74) is 1.32. The molecule has 1 fully saturated rings. The molecule has 0 aliphatic carbocycles. The van der Waals surface area contributed by atoms with E-state index < -0.39 is 10.8 Å². The van der Waals surface area contributed by atoms with Gasteiger partial charge in [-0.05, 0) is 47.7 Å². The molecule has 9 heteroatoms. The molecule has 0 spiro atoms. The first-order valence-corrected chi connectivity index (χ1v) is 9.95. The van der Waals surface area contributed by atoms with Gasteiger partial charge in [0.25, 0.3) is 16.8 Å². The number of nitrogens with zero attached hydrogens (tertiary/aromatic N) is 2. The minimum atomic E-state index is -0.476. The van der Waals surface area contributed by atoms with E-state index in [1.54, 1.807) is 48.5 Å². The van der Waals surface area contributed by atoms with Crippen LogP contribution in [0.4, 0.5) is 10.5 Å². The van der Waals surface area contributed by atoms with E-state index in [4.69, 9.17) is 16.0 Å². The topological polar surface area (TPSA) is 93.7 Å². The van der Waals surface area contributed by atoms with Gasteiger partial charge in [-0.2, -0.15) is 0 Å². The molecular formula is C21H13ClN2O5S. The fourth-order valence-electron chi connectivity index (χ4n) is 2.90. The van der Waals surface area contributed by atoms with Gasteiger partial charge in [-0.1, -0.05) is 29.8 Å². The zero-order chi connectivity index (χ0) is 21.3. The molecule has 150 valence electrons. The molecule has 0 radical (unpaired) electrons. The van der Waals surface area contributed by atoms with Crippen molar-refractivity contribution in [2.45, 2.75) is 6.54 Å². The van der Waals surface area contributed by atoms with E-state index in [0.29, 0.717) is 27.7 Å². The molecule has 7 nitrogen and oxygen atoms in total. The van der Waals surface area contributed by atoms with Crippen LogP contribution >= 0.6 is 23.4 Å². The molecule has 2 heterocycles. The average molecular weight is 441 g/mol. The smallest absolute Gasteiger partial charge is 0.293 e. The summed E-state index contributed by atoms with van der Waals surface area (Å²) in [4.78, 5) is 36.7. The number of nitro groups is 1. The molecule has 30 heavy (non-hydrogen) atoms. The summed E-state index contributed by atoms with van der Waals surface area (Å²) >= 11 is 6.96. The Bertz CT molecular complexity index is 1190. The van der Waals surface area contributed by atoms with Crippen molar-refractivity contribution in [3.8, 4) is 11.3 Å². The Balaban J connectivity index is 1.53. The quantitative estimate of drug-likeness (QED) is 0.285. The number of hydrogen-bond donors (Lipinski definition) is 0. The molecule has 4 rings (SSSR count). The Hall–Kier alpha value is -3.36. The van der Waals surface area contributed by atoms with Gasteiger partial charge >= 0.3 is 0 Å². The van der Waals surface area contributed by atoms with E-state index in [1.165, 1.54) is 18.2 Å². The number of benzene rings is 2. The summed E-state index contributed by atoms with van der Waals surface area (Å²) in [6.45, 7) is 0.0912. The number of non-ortho nitro benzene ring substituents is 1. The largest absolute Gasteiger partial charge is 0.457 e. The highest BCUT2D eigenvalue weighted by atomic mass is 35.5. The molecular weight excluding hydrogens is 428 g/mol. The minimum absolute atomic E-state index is 0.0160. The summed E-state index contributed by atoms with van der Waals surface area (Å²) in [5.74, 6) is 0.469. The van der Waals surface area contributed by atoms with E-state index in [1.807, 2.05) is 0 Å². The summed E-state index contributed by atoms with van der Waals surface area (Å²) in [6, 6.07) is 16.3. The van der Waals surface area contributed by atoms with Crippen LogP contribution in [0.2, 0.25) is 5.02 Å². The first-order chi connectivity index (χ1) is 14.4. The van der Waals surface area contributed by atoms with Crippen molar-refractivity contribution in [2.75, 3.05) is 0 Å². The number of furan rings is 1. The molecule has 2 aromatic carbocycles. The van der Waals surface area contributed by atoms with Gasteiger partial charge in [0.15, 0.2) is 0 Å². The van der Waals surface area contributed by atoms with Gasteiger partial charge in [0.2, 0.25) is 0 Å². The molecule has 1 aliphatic rings. The van der Waals surface area contributed by atoms with Gasteiger partial charge in [0.05, 0.1) is 16.4 Å². The number of rotatable bonds is 5. The van der Waals surface area contributed by atoms with Crippen molar-refractivity contribution in [2.24, 2.45) is 0 Å². The lowest BCUT2D eigenvalue weighted by Crippen LogP contribution is -2.27. The van der Waals surface area contributed by atoms with Crippen LogP contribution in [0, 0.1) is 10.1 Å². The Labute approximate surface area is 180 Å². The van der Waals surface area contributed by atoms with E-state index >= 15 is 0 Å². The average Bonchev–Trinajstić information content (AvgIpc) is 3.30. The van der Waals surface area contributed by atoms with Crippen molar-refractivity contribution >= 4 is 46.3 Å². The second kappa shape index (κ2) is 8.17. The number of nitro benzene ring substituents is 1. The predicted octanol–water partition coefficient (Wildman–Crippen LogP) is 5.74. The maximum Gasteiger partial charge on any atom is 0.293 e. The highest BCUT2D eigenvalue weighted by Crippen LogP contribution is 2.35. The molecule has 0 unspecified atom stereocenters. The van der Waals surface area contributed by atoms with Crippen molar-refractivity contribution in [1.82, 2.24) is 4.90 Å². The number of carbonyl (C=O) groups is 2. The van der Waals surface area contributed by atoms with Crippen molar-refractivity contribution < 1.29 is 18.9 Å². The zero-order valence-electron chi connectivity index (χ0n) is 15.3. The summed E-state index contributed by atoms with van der Waals surface area (Å²) in [7, 11) is 0. The fraction of sp³-hybridized carbons (Fsp3) is 0.0476. The molecule has 0 N–H and O–H groups in total. The predicted molar refractivity (Wildman–Crippen MR) is 114 cm³/mol. The van der Waals surface area contributed by atoms with Crippen LogP contribution < -0.4 is 0 Å². The number of thioether (sulfide) groups is 1. The van der Waals surface area contributed by atoms with E-state index in [0.717, 1.165) is 16.7 Å². The second-order valence-corrected chi connectivity index (χ2v) is 7.77. The first kappa shape index (κ1) is 19.9. The summed E-state index contributed by atoms with van der Waals surface area (Å²) in [6.07, 6.45) is 1.51. The SMILES string of the molecule is O=C1S/C(=C\c2ccc(-c3ccc([N+](=O)[O-])cc3)o2)C(=O)N1Cc1ccccc1Cl. The highest BCUT2D eigenvalue weighted by Gasteiger charge is 2.35. The van der Waals surface area contributed by atoms with Crippen LogP contribution in [0.25, 0.3) is 17.4 Å². The Morgan fingerprint density at radius 2 is 1.80 bits per heavy atom. The van der Waals surface area contributed by atoms with Gasteiger partial charge in [-0.3, -0.25) is 24.6 Å². The molecule has 1 aromatic heterocycles. The third-order valence-electron chi connectivity index (χ3n) is 4.42. The van der Waals surface area contributed by atoms with Crippen LogP contribution in [0.3, 0.4) is 0 Å². The summed E-state index contributed by atoms with van der Waals surface area (Å²) < 4.78 is 5.73. The van der Waals surface area contributed by atoms with Gasteiger partial charge in [-0.25, -0.2) is 0 Å². The van der Waals surface area contributed by atoms with Crippen LogP contribution in [-0.2, 0) is 11.3 Å². The highest BCUT2D eigenvalue weighted by molar-refractivity contribution is 8.18. The van der Waals surface area contributed by atoms with Gasteiger partial charge in [-0.15, -0.1) is 0 Å². The fourth-order valence-corrected chi connectivity index (χ4v) is 3.91. The second-order valence-electron chi connectivity index (χ2n) is 6.37. The molecule has 0 atom stereocenters. The number of carbonyl (C=O) groups excluding carboxylic acids is 2. The summed E-state index contributed by atoms with van der Waals surface area (Å²) in [5, 5.41) is 10.9. The third-order valence-corrected chi connectivity index (χ3v) is 5.70. The number of halogens is 1. The van der Waals surface area contributed by atoms with E-state index in [-0.39, 0.29) is 22.4 Å². The molecule has 3 aromatic rings. The van der Waals surface area contributed by atoms with Crippen molar-refractivity contribution in [3.05, 3.63) is 92.0 Å². The Morgan fingerprint density at radius 3 is 2.50 bits per heavy atom. The molecule has 2 amide bonds. The lowest BCUT2D eigenvalue weighted by Gasteiger charge is -2.13. The standard InChI is InChI=1S/C21H13ClN2O5S/c22-17-4-2-1-3-14(17)12-23-20(25)19(30-21(23)26)11-16-9-10-18(29-16)13-5-7-15(8-6-13)24(27)28/h1-11H,12H2/b19-11-. The van der Waals surface area contributed by atoms with Crippen LogP contribution in [0.15, 0.2) is 70.0 Å². The van der Waals surface area contributed by atoms with Crippen LogP contribution in [-0.4, -0.2) is 21.0 Å². The minimum Gasteiger partial charge on any atom is -0.457 e. The number of amides is 2. The van der Waals surface area contributed by atoms with Gasteiger partial charge in [0, 0.05) is 28.8 Å². The monoisotopic (exact) mass is 440 g/mol. The Morgan fingerprint density at radius 1 is 1.07 bits per heavy atom. The molecule has 0 bridgehead atoms. The molecule has 1 saturated heterocycles. The first-order valence-electron chi connectivity index (χ1n) is 8.76. The van der Waals surface area contributed by atoms with Gasteiger partial charge < -0.3 is 4.42 Å². The maximum atomic E-state index is 12.7. The van der Waals surface area contributed by atoms with Crippen LogP contribution in [0.5, 0.6) is 0 Å². The van der Waals surface area contributed by atoms with Crippen molar-refractivity contribution in [3.63, 3.8) is 0 Å². The zero-order valence-corrected chi connectivity index (χ0v) is 16.9.